The van der Waals surface area contributed by atoms with Gasteiger partial charge in [-0.25, -0.2) is 4.79 Å². The molecule has 0 unspecified atom stereocenters. The molecule has 1 amide bonds. The van der Waals surface area contributed by atoms with Crippen molar-refractivity contribution < 1.29 is 14.7 Å². The molecule has 0 saturated heterocycles. The third-order valence-electron chi connectivity index (χ3n) is 3.34. The number of aromatic carboxylic acids is 1. The lowest BCUT2D eigenvalue weighted by atomic mass is 9.99. The number of nitrogens with two attached hydrogens (primary N) is 1. The Morgan fingerprint density at radius 2 is 2.21 bits per heavy atom. The Morgan fingerprint density at radius 1 is 1.53 bits per heavy atom. The molecule has 0 atom stereocenters. The summed E-state index contributed by atoms with van der Waals surface area (Å²) in [7, 11) is 0. The molecule has 0 fully saturated rings. The average molecular weight is 263 g/mol. The van der Waals surface area contributed by atoms with Gasteiger partial charge in [0.15, 0.2) is 0 Å². The number of nitrogens with zero attached hydrogens (tertiary/aromatic N) is 1. The number of carboxylic acid groups (broad SMARTS) is 1. The molecule has 0 bridgehead atoms. The summed E-state index contributed by atoms with van der Waals surface area (Å²) in [6, 6.07) is 4.64. The van der Waals surface area contributed by atoms with E-state index in [9.17, 15) is 9.59 Å². The van der Waals surface area contributed by atoms with Gasteiger partial charge in [-0.1, -0.05) is 0 Å². The quantitative estimate of drug-likeness (QED) is 0.752. The van der Waals surface area contributed by atoms with Crippen molar-refractivity contribution in [2.24, 2.45) is 5.73 Å². The molecule has 6 heteroatoms. The predicted octanol–water partition coefficient (Wildman–Crippen LogP) is 0.881. The van der Waals surface area contributed by atoms with E-state index >= 15 is 0 Å². The lowest BCUT2D eigenvalue weighted by Gasteiger charge is -2.42. The molecule has 1 aliphatic heterocycles. The zero-order chi connectivity index (χ0) is 14.2. The van der Waals surface area contributed by atoms with Gasteiger partial charge in [0, 0.05) is 12.1 Å². The van der Waals surface area contributed by atoms with Crippen LogP contribution in [0.1, 0.15) is 24.2 Å². The minimum absolute atomic E-state index is 0.128. The normalized spacial score (nSPS) is 14.9. The van der Waals surface area contributed by atoms with Crippen LogP contribution in [0.3, 0.4) is 0 Å². The van der Waals surface area contributed by atoms with Crippen molar-refractivity contribution >= 4 is 23.3 Å². The van der Waals surface area contributed by atoms with Crippen LogP contribution in [0.2, 0.25) is 0 Å². The largest absolute Gasteiger partial charge is 0.478 e. The van der Waals surface area contributed by atoms with Gasteiger partial charge in [-0.15, -0.1) is 0 Å². The van der Waals surface area contributed by atoms with E-state index in [1.807, 2.05) is 18.7 Å². The maximum atomic E-state index is 11.7. The fraction of sp³-hybridized carbons (Fsp3) is 0.385. The van der Waals surface area contributed by atoms with Gasteiger partial charge in [0.25, 0.3) is 0 Å². The van der Waals surface area contributed by atoms with Crippen LogP contribution in [0.4, 0.5) is 11.4 Å². The van der Waals surface area contributed by atoms with Crippen LogP contribution in [-0.2, 0) is 4.79 Å². The van der Waals surface area contributed by atoms with Gasteiger partial charge in [-0.3, -0.25) is 4.79 Å². The zero-order valence-corrected chi connectivity index (χ0v) is 10.9. The van der Waals surface area contributed by atoms with E-state index in [0.717, 1.165) is 0 Å². The van der Waals surface area contributed by atoms with Crippen molar-refractivity contribution in [2.45, 2.75) is 19.4 Å². The van der Waals surface area contributed by atoms with Crippen LogP contribution in [0.25, 0.3) is 0 Å². The fourth-order valence-corrected chi connectivity index (χ4v) is 2.06. The van der Waals surface area contributed by atoms with Gasteiger partial charge in [0.1, 0.15) is 0 Å². The average Bonchev–Trinajstić information content (AvgIpc) is 2.37. The SMILES string of the molecule is CC(C)(CN)N1CC(=O)Nc2ccc(C(=O)O)cc21. The van der Waals surface area contributed by atoms with E-state index in [2.05, 4.69) is 5.32 Å². The number of carbonyl (C=O) groups is 2. The lowest BCUT2D eigenvalue weighted by molar-refractivity contribution is -0.115. The Balaban J connectivity index is 2.53. The van der Waals surface area contributed by atoms with Crippen LogP contribution >= 0.6 is 0 Å². The van der Waals surface area contributed by atoms with Gasteiger partial charge in [0.2, 0.25) is 5.91 Å². The summed E-state index contributed by atoms with van der Waals surface area (Å²) in [4.78, 5) is 24.6. The Morgan fingerprint density at radius 3 is 2.79 bits per heavy atom. The standard InChI is InChI=1S/C13H17N3O3/c1-13(2,7-14)16-6-11(17)15-9-4-3-8(12(18)19)5-10(9)16/h3-5H,6-7,14H2,1-2H3,(H,15,17)(H,18,19). The third-order valence-corrected chi connectivity index (χ3v) is 3.34. The van der Waals surface area contributed by atoms with E-state index in [1.54, 1.807) is 12.1 Å². The van der Waals surface area contributed by atoms with E-state index in [1.165, 1.54) is 6.07 Å². The smallest absolute Gasteiger partial charge is 0.335 e. The molecule has 0 saturated carbocycles. The molecule has 0 aromatic heterocycles. The first-order valence-corrected chi connectivity index (χ1v) is 6.00. The van der Waals surface area contributed by atoms with Gasteiger partial charge in [0.05, 0.1) is 23.5 Å². The second kappa shape index (κ2) is 4.55. The first-order valence-electron chi connectivity index (χ1n) is 6.00. The van der Waals surface area contributed by atoms with E-state index in [-0.39, 0.29) is 18.0 Å². The first kappa shape index (κ1) is 13.4. The molecule has 1 aromatic rings. The maximum absolute atomic E-state index is 11.7. The van der Waals surface area contributed by atoms with Gasteiger partial charge in [-0.2, -0.15) is 0 Å². The van der Waals surface area contributed by atoms with Crippen LogP contribution < -0.4 is 16.0 Å². The van der Waals surface area contributed by atoms with Crippen molar-refractivity contribution in [3.8, 4) is 0 Å². The number of carboxylic acids is 1. The molecule has 1 heterocycles. The number of anilines is 2. The highest BCUT2D eigenvalue weighted by molar-refractivity contribution is 6.03. The highest BCUT2D eigenvalue weighted by Gasteiger charge is 2.32. The number of amides is 1. The summed E-state index contributed by atoms with van der Waals surface area (Å²) in [5.41, 5.74) is 6.81. The van der Waals surface area contributed by atoms with Crippen molar-refractivity contribution in [1.29, 1.82) is 0 Å². The number of rotatable bonds is 3. The van der Waals surface area contributed by atoms with Crippen molar-refractivity contribution in [1.82, 2.24) is 0 Å². The topological polar surface area (TPSA) is 95.7 Å². The molecule has 1 aliphatic rings. The monoisotopic (exact) mass is 263 g/mol. The van der Waals surface area contributed by atoms with Gasteiger partial charge < -0.3 is 21.1 Å². The molecule has 2 rings (SSSR count). The number of nitrogens with one attached hydrogen (secondary N) is 1. The molecule has 0 aliphatic carbocycles. The van der Waals surface area contributed by atoms with E-state index < -0.39 is 11.5 Å². The highest BCUT2D eigenvalue weighted by Crippen LogP contribution is 2.34. The van der Waals surface area contributed by atoms with Crippen LogP contribution in [0.5, 0.6) is 0 Å². The molecule has 4 N–H and O–H groups in total. The summed E-state index contributed by atoms with van der Waals surface area (Å²) >= 11 is 0. The van der Waals surface area contributed by atoms with Crippen molar-refractivity contribution in [3.05, 3.63) is 23.8 Å². The fourth-order valence-electron chi connectivity index (χ4n) is 2.06. The molecule has 1 aromatic carbocycles. The molecule has 6 nitrogen and oxygen atoms in total. The number of benzene rings is 1. The van der Waals surface area contributed by atoms with E-state index in [4.69, 9.17) is 10.8 Å². The van der Waals surface area contributed by atoms with Gasteiger partial charge >= 0.3 is 5.97 Å². The van der Waals surface area contributed by atoms with Crippen molar-refractivity contribution in [3.63, 3.8) is 0 Å². The number of hydrogen-bond acceptors (Lipinski definition) is 4. The van der Waals surface area contributed by atoms with E-state index in [0.29, 0.717) is 17.9 Å². The zero-order valence-electron chi connectivity index (χ0n) is 10.9. The minimum Gasteiger partial charge on any atom is -0.478 e. The number of carbonyl (C=O) groups excluding carboxylic acids is 1. The molecule has 0 radical (unpaired) electrons. The van der Waals surface area contributed by atoms with Gasteiger partial charge in [-0.05, 0) is 32.0 Å². The molecule has 0 spiro atoms. The maximum Gasteiger partial charge on any atom is 0.335 e. The summed E-state index contributed by atoms with van der Waals surface area (Å²) in [5, 5.41) is 11.8. The summed E-state index contributed by atoms with van der Waals surface area (Å²) < 4.78 is 0. The second-order valence-electron chi connectivity index (χ2n) is 5.19. The van der Waals surface area contributed by atoms with Crippen LogP contribution in [-0.4, -0.2) is 35.6 Å². The molecule has 19 heavy (non-hydrogen) atoms. The van der Waals surface area contributed by atoms with Crippen LogP contribution in [0, 0.1) is 0 Å². The first-order chi connectivity index (χ1) is 8.85. The summed E-state index contributed by atoms with van der Waals surface area (Å²) in [6.45, 7) is 4.36. The van der Waals surface area contributed by atoms with Crippen LogP contribution in [0.15, 0.2) is 18.2 Å². The lowest BCUT2D eigenvalue weighted by Crippen LogP contribution is -2.54. The third kappa shape index (κ3) is 2.39. The molecular weight excluding hydrogens is 246 g/mol. The molecular formula is C13H17N3O3. The Labute approximate surface area is 111 Å². The number of hydrogen-bond donors (Lipinski definition) is 3. The Kier molecular flexibility index (Phi) is 3.20. The highest BCUT2D eigenvalue weighted by atomic mass is 16.4. The minimum atomic E-state index is -0.995. The number of fused-ring (bicyclic) bond motifs is 1. The Bertz CT molecular complexity index is 540. The predicted molar refractivity (Wildman–Crippen MR) is 72.5 cm³/mol. The molecule has 102 valence electrons. The summed E-state index contributed by atoms with van der Waals surface area (Å²) in [5.74, 6) is -1.12. The Hall–Kier alpha value is -2.08. The van der Waals surface area contributed by atoms with Crippen molar-refractivity contribution in [2.75, 3.05) is 23.3 Å². The summed E-state index contributed by atoms with van der Waals surface area (Å²) in [6.07, 6.45) is 0. The second-order valence-corrected chi connectivity index (χ2v) is 5.19.